The number of fused-ring (bicyclic) bond motifs is 3. The highest BCUT2D eigenvalue weighted by Crippen LogP contribution is 2.24. The van der Waals surface area contributed by atoms with Gasteiger partial charge in [0.1, 0.15) is 30.3 Å². The first-order chi connectivity index (χ1) is 15.2. The van der Waals surface area contributed by atoms with Gasteiger partial charge in [-0.25, -0.2) is 9.97 Å². The Balaban J connectivity index is 1.40. The number of rotatable bonds is 6. The first-order valence-corrected chi connectivity index (χ1v) is 9.72. The molecule has 5 rings (SSSR count). The van der Waals surface area contributed by atoms with E-state index in [1.807, 2.05) is 48.5 Å². The largest absolute Gasteiger partial charge is 0.448 e. The van der Waals surface area contributed by atoms with Crippen molar-refractivity contribution in [2.24, 2.45) is 0 Å². The molecule has 0 spiro atoms. The molecule has 1 atom stereocenters. The molecule has 0 saturated carbocycles. The van der Waals surface area contributed by atoms with Gasteiger partial charge < -0.3 is 9.73 Å². The minimum atomic E-state index is -0.399. The van der Waals surface area contributed by atoms with Crippen LogP contribution in [0.2, 0.25) is 0 Å². The number of carbonyl (C=O) groups excluding carboxylic acids is 1. The molecule has 2 aromatic carbocycles. The van der Waals surface area contributed by atoms with Gasteiger partial charge in [-0.3, -0.25) is 18.8 Å². The molecule has 3 heterocycles. The molecule has 31 heavy (non-hydrogen) atoms. The summed E-state index contributed by atoms with van der Waals surface area (Å²) in [6.07, 6.45) is 4.41. The summed E-state index contributed by atoms with van der Waals surface area (Å²) in [5, 5.41) is 7.86. The summed E-state index contributed by atoms with van der Waals surface area (Å²) < 4.78 is 8.57. The number of para-hydroxylation sites is 1. The highest BCUT2D eigenvalue weighted by Gasteiger charge is 2.18. The van der Waals surface area contributed by atoms with Gasteiger partial charge in [-0.05, 0) is 17.7 Å². The number of furan rings is 1. The van der Waals surface area contributed by atoms with Gasteiger partial charge in [-0.15, -0.1) is 0 Å². The quantitative estimate of drug-likeness (QED) is 0.457. The zero-order valence-electron chi connectivity index (χ0n) is 16.4. The van der Waals surface area contributed by atoms with Gasteiger partial charge in [-0.1, -0.05) is 42.5 Å². The second kappa shape index (κ2) is 7.86. The maximum Gasteiger partial charge on any atom is 0.297 e. The molecular formula is C22H18N6O3. The summed E-state index contributed by atoms with van der Waals surface area (Å²) in [5.74, 6) is -0.326. The summed E-state index contributed by atoms with van der Waals surface area (Å²) in [4.78, 5) is 34.0. The molecule has 1 amide bonds. The molecule has 0 saturated heterocycles. The number of amides is 1. The highest BCUT2D eigenvalue weighted by atomic mass is 16.3. The standard InChI is InChI=1S/C22H18N6O3/c29-19(26-17(10-28-13-23-12-25-28)15-6-2-1-3-7-15)11-27-14-24-20-16-8-4-5-9-18(16)31-21(20)22(27)30/h1-9,12-14,17H,10-11H2,(H,26,29). The van der Waals surface area contributed by atoms with Gasteiger partial charge >= 0.3 is 0 Å². The Bertz CT molecular complexity index is 1410. The molecule has 9 nitrogen and oxygen atoms in total. The Kier molecular flexibility index (Phi) is 4.75. The summed E-state index contributed by atoms with van der Waals surface area (Å²) >= 11 is 0. The molecule has 0 aliphatic carbocycles. The van der Waals surface area contributed by atoms with Crippen molar-refractivity contribution in [1.82, 2.24) is 29.6 Å². The van der Waals surface area contributed by atoms with Gasteiger partial charge in [0.2, 0.25) is 11.5 Å². The molecule has 0 aliphatic heterocycles. The number of hydrogen-bond donors (Lipinski definition) is 1. The van der Waals surface area contributed by atoms with Crippen LogP contribution in [0.25, 0.3) is 22.1 Å². The van der Waals surface area contributed by atoms with Gasteiger partial charge in [-0.2, -0.15) is 5.10 Å². The normalized spacial score (nSPS) is 12.3. The average Bonchev–Trinajstić information content (AvgIpc) is 3.44. The Morgan fingerprint density at radius 1 is 1.06 bits per heavy atom. The second-order valence-electron chi connectivity index (χ2n) is 7.10. The summed E-state index contributed by atoms with van der Waals surface area (Å²) in [7, 11) is 0. The van der Waals surface area contributed by atoms with Gasteiger partial charge in [0.25, 0.3) is 5.56 Å². The van der Waals surface area contributed by atoms with E-state index in [0.29, 0.717) is 17.6 Å². The Hall–Kier alpha value is -4.27. The minimum absolute atomic E-state index is 0.138. The maximum absolute atomic E-state index is 12.9. The zero-order chi connectivity index (χ0) is 21.2. The van der Waals surface area contributed by atoms with E-state index >= 15 is 0 Å². The first-order valence-electron chi connectivity index (χ1n) is 9.72. The van der Waals surface area contributed by atoms with Crippen molar-refractivity contribution in [3.8, 4) is 0 Å². The van der Waals surface area contributed by atoms with E-state index in [2.05, 4.69) is 20.4 Å². The number of nitrogens with zero attached hydrogens (tertiary/aromatic N) is 5. The van der Waals surface area contributed by atoms with Crippen molar-refractivity contribution in [2.75, 3.05) is 0 Å². The predicted molar refractivity (Wildman–Crippen MR) is 113 cm³/mol. The van der Waals surface area contributed by atoms with Crippen molar-refractivity contribution >= 4 is 28.0 Å². The Morgan fingerprint density at radius 2 is 1.87 bits per heavy atom. The van der Waals surface area contributed by atoms with E-state index in [1.54, 1.807) is 17.1 Å². The van der Waals surface area contributed by atoms with Crippen LogP contribution in [0.1, 0.15) is 11.6 Å². The van der Waals surface area contributed by atoms with Gasteiger partial charge in [0, 0.05) is 5.39 Å². The van der Waals surface area contributed by atoms with Crippen molar-refractivity contribution < 1.29 is 9.21 Å². The fourth-order valence-corrected chi connectivity index (χ4v) is 3.56. The fraction of sp³-hybridized carbons (Fsp3) is 0.136. The topological polar surface area (TPSA) is 108 Å². The average molecular weight is 414 g/mol. The monoisotopic (exact) mass is 414 g/mol. The lowest BCUT2D eigenvalue weighted by molar-refractivity contribution is -0.122. The molecule has 3 aromatic heterocycles. The SMILES string of the molecule is O=C(Cn1cnc2c(oc3ccccc32)c1=O)NC(Cn1cncn1)c1ccccc1. The number of benzene rings is 2. The fourth-order valence-electron chi connectivity index (χ4n) is 3.56. The van der Waals surface area contributed by atoms with Crippen LogP contribution in [-0.4, -0.2) is 30.2 Å². The van der Waals surface area contributed by atoms with Crippen LogP contribution in [0.15, 0.2) is 82.8 Å². The molecule has 0 bridgehead atoms. The van der Waals surface area contributed by atoms with Crippen molar-refractivity contribution in [3.63, 3.8) is 0 Å². The number of carbonyl (C=O) groups is 1. The second-order valence-corrected chi connectivity index (χ2v) is 7.10. The maximum atomic E-state index is 12.9. The van der Waals surface area contributed by atoms with Crippen LogP contribution < -0.4 is 10.9 Å². The van der Waals surface area contributed by atoms with E-state index in [1.165, 1.54) is 17.2 Å². The van der Waals surface area contributed by atoms with Crippen LogP contribution in [0, 0.1) is 0 Å². The van der Waals surface area contributed by atoms with Crippen molar-refractivity contribution in [3.05, 3.63) is 89.5 Å². The molecule has 0 radical (unpaired) electrons. The van der Waals surface area contributed by atoms with Gasteiger partial charge in [0.15, 0.2) is 0 Å². The number of hydrogen-bond acceptors (Lipinski definition) is 6. The van der Waals surface area contributed by atoms with Crippen LogP contribution in [0.3, 0.4) is 0 Å². The lowest BCUT2D eigenvalue weighted by atomic mass is 10.1. The summed E-state index contributed by atoms with van der Waals surface area (Å²) in [6.45, 7) is 0.227. The molecule has 1 N–H and O–H groups in total. The van der Waals surface area contributed by atoms with Crippen LogP contribution in [-0.2, 0) is 17.9 Å². The van der Waals surface area contributed by atoms with Gasteiger partial charge in [0.05, 0.1) is 18.9 Å². The van der Waals surface area contributed by atoms with E-state index in [-0.39, 0.29) is 24.1 Å². The third-order valence-corrected chi connectivity index (χ3v) is 5.04. The third-order valence-electron chi connectivity index (χ3n) is 5.04. The van der Waals surface area contributed by atoms with E-state index in [4.69, 9.17) is 4.42 Å². The summed E-state index contributed by atoms with van der Waals surface area (Å²) in [6, 6.07) is 16.5. The molecular weight excluding hydrogens is 396 g/mol. The Morgan fingerprint density at radius 3 is 2.68 bits per heavy atom. The zero-order valence-corrected chi connectivity index (χ0v) is 16.4. The molecule has 154 valence electrons. The van der Waals surface area contributed by atoms with E-state index in [0.717, 1.165) is 10.9 Å². The number of aromatic nitrogens is 5. The van der Waals surface area contributed by atoms with E-state index in [9.17, 15) is 9.59 Å². The van der Waals surface area contributed by atoms with Crippen LogP contribution in [0.4, 0.5) is 0 Å². The van der Waals surface area contributed by atoms with E-state index < -0.39 is 5.56 Å². The smallest absolute Gasteiger partial charge is 0.297 e. The van der Waals surface area contributed by atoms with Crippen molar-refractivity contribution in [2.45, 2.75) is 19.1 Å². The minimum Gasteiger partial charge on any atom is -0.448 e. The van der Waals surface area contributed by atoms with Crippen LogP contribution >= 0.6 is 0 Å². The van der Waals surface area contributed by atoms with Crippen LogP contribution in [0.5, 0.6) is 0 Å². The molecule has 5 aromatic rings. The third kappa shape index (κ3) is 3.68. The highest BCUT2D eigenvalue weighted by molar-refractivity contribution is 6.01. The number of nitrogens with one attached hydrogen (secondary N) is 1. The molecule has 1 unspecified atom stereocenters. The predicted octanol–water partition coefficient (Wildman–Crippen LogP) is 2.29. The van der Waals surface area contributed by atoms with Crippen molar-refractivity contribution in [1.29, 1.82) is 0 Å². The Labute approximate surface area is 176 Å². The molecule has 0 fully saturated rings. The lowest BCUT2D eigenvalue weighted by Crippen LogP contribution is -2.36. The first kappa shape index (κ1) is 18.7. The molecule has 9 heteroatoms. The molecule has 0 aliphatic rings. The summed E-state index contributed by atoms with van der Waals surface area (Å²) in [5.41, 5.74) is 1.74. The lowest BCUT2D eigenvalue weighted by Gasteiger charge is -2.19.